The van der Waals surface area contributed by atoms with Gasteiger partial charge >= 0.3 is 0 Å². The number of nitrogens with zero attached hydrogens (tertiary/aromatic N) is 1. The number of hydrogen-bond acceptors (Lipinski definition) is 2. The predicted octanol–water partition coefficient (Wildman–Crippen LogP) is 7.01. The normalized spacial score (nSPS) is 10.7. The first-order valence-electron chi connectivity index (χ1n) is 9.90. The molecule has 0 heterocycles. The second-order valence-electron chi connectivity index (χ2n) is 6.87. The lowest BCUT2D eigenvalue weighted by Gasteiger charge is -2.08. The maximum Gasteiger partial charge on any atom is 0.119 e. The lowest BCUT2D eigenvalue weighted by Crippen LogP contribution is -1.97. The van der Waals surface area contributed by atoms with Gasteiger partial charge in [-0.05, 0) is 41.5 Å². The quantitative estimate of drug-likeness (QED) is 0.390. The first-order valence-corrected chi connectivity index (χ1v) is 9.90. The van der Waals surface area contributed by atoms with Crippen molar-refractivity contribution >= 4 is 10.8 Å². The van der Waals surface area contributed by atoms with Crippen LogP contribution < -0.4 is 4.74 Å². The van der Waals surface area contributed by atoms with Crippen molar-refractivity contribution in [1.82, 2.24) is 0 Å². The lowest BCUT2D eigenvalue weighted by molar-refractivity contribution is 0.304. The highest BCUT2D eigenvalue weighted by molar-refractivity contribution is 5.85. The van der Waals surface area contributed by atoms with E-state index < -0.39 is 0 Å². The molecule has 0 saturated carbocycles. The molecule has 2 nitrogen and oxygen atoms in total. The summed E-state index contributed by atoms with van der Waals surface area (Å²) in [6.45, 7) is 3.06. The summed E-state index contributed by atoms with van der Waals surface area (Å²) in [5, 5.41) is 11.2. The third-order valence-electron chi connectivity index (χ3n) is 4.71. The Kier molecular flexibility index (Phi) is 8.91. The van der Waals surface area contributed by atoms with E-state index in [0.717, 1.165) is 29.5 Å². The molecule has 0 aliphatic carbocycles. The van der Waals surface area contributed by atoms with E-state index in [4.69, 9.17) is 10.00 Å². The third kappa shape index (κ3) is 7.18. The maximum absolute atomic E-state index is 8.95. The molecule has 0 fully saturated rings. The van der Waals surface area contributed by atoms with E-state index in [0.29, 0.717) is 5.56 Å². The van der Waals surface area contributed by atoms with Gasteiger partial charge in [0, 0.05) is 0 Å². The molecule has 0 unspecified atom stereocenters. The number of fused-ring (bicyclic) bond motifs is 1. The summed E-state index contributed by atoms with van der Waals surface area (Å²) < 4.78 is 5.88. The zero-order valence-electron chi connectivity index (χ0n) is 15.6. The summed E-state index contributed by atoms with van der Waals surface area (Å²) in [6.07, 6.45) is 13.4. The highest BCUT2D eigenvalue weighted by Crippen LogP contribution is 2.22. The molecule has 2 rings (SSSR count). The minimum atomic E-state index is 0.700. The van der Waals surface area contributed by atoms with Gasteiger partial charge in [-0.2, -0.15) is 5.26 Å². The van der Waals surface area contributed by atoms with Crippen LogP contribution in [0.15, 0.2) is 36.4 Å². The first-order chi connectivity index (χ1) is 12.3. The van der Waals surface area contributed by atoms with E-state index in [1.165, 1.54) is 57.8 Å². The molecular formula is C23H31NO. The van der Waals surface area contributed by atoms with Gasteiger partial charge in [-0.1, -0.05) is 76.8 Å². The van der Waals surface area contributed by atoms with Gasteiger partial charge in [-0.15, -0.1) is 0 Å². The molecule has 0 amide bonds. The van der Waals surface area contributed by atoms with E-state index >= 15 is 0 Å². The highest BCUT2D eigenvalue weighted by Gasteiger charge is 2.00. The van der Waals surface area contributed by atoms with Crippen molar-refractivity contribution in [3.8, 4) is 11.8 Å². The van der Waals surface area contributed by atoms with Crippen LogP contribution in [0, 0.1) is 11.3 Å². The molecule has 134 valence electrons. The Balaban J connectivity index is 1.58. The average Bonchev–Trinajstić information content (AvgIpc) is 2.65. The molecule has 0 aromatic heterocycles. The highest BCUT2D eigenvalue weighted by atomic mass is 16.5. The second kappa shape index (κ2) is 11.5. The molecule has 2 aromatic rings. The van der Waals surface area contributed by atoms with Crippen molar-refractivity contribution in [1.29, 1.82) is 5.26 Å². The van der Waals surface area contributed by atoms with Crippen molar-refractivity contribution < 1.29 is 4.74 Å². The van der Waals surface area contributed by atoms with Gasteiger partial charge in [-0.3, -0.25) is 0 Å². The van der Waals surface area contributed by atoms with Gasteiger partial charge in [0.15, 0.2) is 0 Å². The van der Waals surface area contributed by atoms with E-state index in [1.807, 2.05) is 30.3 Å². The smallest absolute Gasteiger partial charge is 0.119 e. The SMILES string of the molecule is CCCCCCCCCCCCOc1ccc2cc(C#N)ccc2c1. The van der Waals surface area contributed by atoms with Crippen molar-refractivity contribution in [3.05, 3.63) is 42.0 Å². The molecule has 0 N–H and O–H groups in total. The number of hydrogen-bond donors (Lipinski definition) is 0. The van der Waals surface area contributed by atoms with Gasteiger partial charge in [-0.25, -0.2) is 0 Å². The lowest BCUT2D eigenvalue weighted by atomic mass is 10.1. The van der Waals surface area contributed by atoms with Gasteiger partial charge in [0.25, 0.3) is 0 Å². The molecule has 2 aromatic carbocycles. The zero-order valence-corrected chi connectivity index (χ0v) is 15.6. The van der Waals surface area contributed by atoms with Crippen molar-refractivity contribution in [2.45, 2.75) is 71.1 Å². The Morgan fingerprint density at radius 1 is 0.760 bits per heavy atom. The molecule has 0 radical (unpaired) electrons. The van der Waals surface area contributed by atoms with E-state index in [2.05, 4.69) is 19.1 Å². The van der Waals surface area contributed by atoms with E-state index in [1.54, 1.807) is 0 Å². The summed E-state index contributed by atoms with van der Waals surface area (Å²) in [4.78, 5) is 0. The fourth-order valence-electron chi connectivity index (χ4n) is 3.16. The molecule has 0 saturated heterocycles. The minimum absolute atomic E-state index is 0.700. The molecule has 0 bridgehead atoms. The van der Waals surface area contributed by atoms with Gasteiger partial charge in [0.1, 0.15) is 5.75 Å². The van der Waals surface area contributed by atoms with Gasteiger partial charge in [0.05, 0.1) is 18.2 Å². The van der Waals surface area contributed by atoms with Crippen molar-refractivity contribution in [2.75, 3.05) is 6.61 Å². The van der Waals surface area contributed by atoms with Crippen LogP contribution in [0.25, 0.3) is 10.8 Å². The van der Waals surface area contributed by atoms with Crippen LogP contribution in [-0.2, 0) is 0 Å². The molecule has 25 heavy (non-hydrogen) atoms. The van der Waals surface area contributed by atoms with Gasteiger partial charge in [0.2, 0.25) is 0 Å². The van der Waals surface area contributed by atoms with E-state index in [-0.39, 0.29) is 0 Å². The van der Waals surface area contributed by atoms with Crippen molar-refractivity contribution in [3.63, 3.8) is 0 Å². The third-order valence-corrected chi connectivity index (χ3v) is 4.71. The summed E-state index contributed by atoms with van der Waals surface area (Å²) in [5.74, 6) is 0.924. The number of benzene rings is 2. The van der Waals surface area contributed by atoms with Crippen LogP contribution in [0.3, 0.4) is 0 Å². The van der Waals surface area contributed by atoms with E-state index in [9.17, 15) is 0 Å². The fourth-order valence-corrected chi connectivity index (χ4v) is 3.16. The molecule has 0 atom stereocenters. The van der Waals surface area contributed by atoms with Crippen LogP contribution in [0.5, 0.6) is 5.75 Å². The van der Waals surface area contributed by atoms with Crippen LogP contribution >= 0.6 is 0 Å². The minimum Gasteiger partial charge on any atom is -0.494 e. The Bertz CT molecular complexity index is 671. The largest absolute Gasteiger partial charge is 0.494 e. The van der Waals surface area contributed by atoms with Gasteiger partial charge < -0.3 is 4.74 Å². The molecular weight excluding hydrogens is 306 g/mol. The topological polar surface area (TPSA) is 33.0 Å². The number of nitriles is 1. The maximum atomic E-state index is 8.95. The Morgan fingerprint density at radius 2 is 1.36 bits per heavy atom. The molecule has 0 spiro atoms. The standard InChI is InChI=1S/C23H31NO/c1-2-3-4-5-6-7-8-9-10-11-16-25-23-15-14-21-17-20(19-24)12-13-22(21)18-23/h12-15,17-18H,2-11,16H2,1H3. The first kappa shape index (κ1) is 19.3. The molecule has 0 aliphatic rings. The summed E-state index contributed by atoms with van der Waals surface area (Å²) in [7, 11) is 0. The number of unbranched alkanes of at least 4 members (excludes halogenated alkanes) is 9. The Hall–Kier alpha value is -2.01. The van der Waals surface area contributed by atoms with Crippen LogP contribution in [0.1, 0.15) is 76.7 Å². The molecule has 2 heteroatoms. The predicted molar refractivity (Wildman–Crippen MR) is 106 cm³/mol. The van der Waals surface area contributed by atoms with Crippen LogP contribution in [-0.4, -0.2) is 6.61 Å². The monoisotopic (exact) mass is 337 g/mol. The molecule has 0 aliphatic heterocycles. The number of ether oxygens (including phenoxy) is 1. The average molecular weight is 338 g/mol. The summed E-state index contributed by atoms with van der Waals surface area (Å²) >= 11 is 0. The van der Waals surface area contributed by atoms with Crippen LogP contribution in [0.2, 0.25) is 0 Å². The van der Waals surface area contributed by atoms with Crippen molar-refractivity contribution in [2.24, 2.45) is 0 Å². The second-order valence-corrected chi connectivity index (χ2v) is 6.87. The van der Waals surface area contributed by atoms with Crippen LogP contribution in [0.4, 0.5) is 0 Å². The fraction of sp³-hybridized carbons (Fsp3) is 0.522. The Labute approximate surface area is 152 Å². The number of rotatable bonds is 12. The Morgan fingerprint density at radius 3 is 2.04 bits per heavy atom. The summed E-state index contributed by atoms with van der Waals surface area (Å²) in [6, 6.07) is 14.0. The zero-order chi connectivity index (χ0) is 17.7. The summed E-state index contributed by atoms with van der Waals surface area (Å²) in [5.41, 5.74) is 0.700.